The van der Waals surface area contributed by atoms with Crippen LogP contribution in [-0.2, 0) is 21.8 Å². The lowest BCUT2D eigenvalue weighted by Gasteiger charge is -2.37. The maximum atomic E-state index is 12.8. The molecule has 49 heavy (non-hydrogen) atoms. The molecular weight excluding hydrogens is 667 g/mol. The van der Waals surface area contributed by atoms with Gasteiger partial charge in [0, 0.05) is 53.2 Å². The van der Waals surface area contributed by atoms with E-state index >= 15 is 0 Å². The number of piperazine rings is 1. The minimum atomic E-state index is -1.21. The lowest BCUT2D eigenvalue weighted by molar-refractivity contribution is -0.192. The van der Waals surface area contributed by atoms with Gasteiger partial charge in [0.2, 0.25) is 5.79 Å². The van der Waals surface area contributed by atoms with Crippen molar-refractivity contribution in [2.75, 3.05) is 49.2 Å². The fourth-order valence-electron chi connectivity index (χ4n) is 6.21. The fraction of sp³-hybridized carbons (Fsp3) is 0.371. The lowest BCUT2D eigenvalue weighted by atomic mass is 10.1. The molecule has 3 atom stereocenters. The molecule has 256 valence electrons. The molecule has 2 aromatic heterocycles. The van der Waals surface area contributed by atoms with Crippen molar-refractivity contribution in [3.63, 3.8) is 0 Å². The average molecular weight is 706 g/mol. The van der Waals surface area contributed by atoms with E-state index in [1.54, 1.807) is 41.5 Å². The molecule has 0 amide bonds. The number of ether oxygens (including phenoxy) is 3. The molecule has 0 N–H and O–H groups in total. The van der Waals surface area contributed by atoms with Crippen LogP contribution in [0.2, 0.25) is 10.0 Å². The first-order chi connectivity index (χ1) is 23.8. The Morgan fingerprint density at radius 2 is 1.53 bits per heavy atom. The predicted octanol–water partition coefficient (Wildman–Crippen LogP) is 5.58. The number of hydrogen-bond acceptors (Lipinski definition) is 9. The van der Waals surface area contributed by atoms with Crippen LogP contribution in [0.3, 0.4) is 0 Å². The van der Waals surface area contributed by atoms with Gasteiger partial charge >= 0.3 is 5.69 Å². The van der Waals surface area contributed by atoms with Crippen LogP contribution in [0, 0.1) is 0 Å². The highest BCUT2D eigenvalue weighted by Gasteiger charge is 2.46. The zero-order valence-electron chi connectivity index (χ0n) is 27.4. The quantitative estimate of drug-likeness (QED) is 0.174. The molecule has 0 bridgehead atoms. The van der Waals surface area contributed by atoms with E-state index in [1.165, 1.54) is 9.48 Å². The Bertz CT molecular complexity index is 1910. The minimum Gasteiger partial charge on any atom is -0.491 e. The van der Waals surface area contributed by atoms with Gasteiger partial charge < -0.3 is 24.0 Å². The molecule has 4 heterocycles. The summed E-state index contributed by atoms with van der Waals surface area (Å²) in [6.45, 7) is 8.38. The standard InChI is InChI=1S/C35H38Cl2N8O4/c1-3-25(2)45-34(46)43(24-40-45)29-7-5-27(6-8-29)41-16-18-42(19-17-41)28-9-11-30(12-10-28)47-21-31-22-48-35(49-31,23-44-38-14-15-39-44)32-20-26(36)4-13-33(32)37/h4-15,20,24-25,31H,3,16-19,21-23H2,1-2H3/t25?,31-,35-/m1/s1. The zero-order valence-corrected chi connectivity index (χ0v) is 28.9. The van der Waals surface area contributed by atoms with Crippen LogP contribution in [-0.4, -0.2) is 74.8 Å². The summed E-state index contributed by atoms with van der Waals surface area (Å²) in [5.41, 5.74) is 3.59. The number of aromatic nitrogens is 6. The predicted molar refractivity (Wildman–Crippen MR) is 188 cm³/mol. The van der Waals surface area contributed by atoms with Gasteiger partial charge in [-0.05, 0) is 80.1 Å². The van der Waals surface area contributed by atoms with Crippen molar-refractivity contribution in [3.05, 3.63) is 112 Å². The molecule has 2 fully saturated rings. The number of anilines is 2. The van der Waals surface area contributed by atoms with Gasteiger partial charge in [-0.1, -0.05) is 30.1 Å². The van der Waals surface area contributed by atoms with Gasteiger partial charge in [0.1, 0.15) is 31.3 Å². The molecule has 12 nitrogen and oxygen atoms in total. The van der Waals surface area contributed by atoms with Crippen molar-refractivity contribution in [1.82, 2.24) is 29.3 Å². The second-order valence-corrected chi connectivity index (χ2v) is 13.1. The molecule has 1 unspecified atom stereocenters. The second kappa shape index (κ2) is 14.2. The Morgan fingerprint density at radius 3 is 2.18 bits per heavy atom. The molecule has 0 aliphatic carbocycles. The van der Waals surface area contributed by atoms with Crippen molar-refractivity contribution in [1.29, 1.82) is 0 Å². The van der Waals surface area contributed by atoms with Gasteiger partial charge in [-0.3, -0.25) is 0 Å². The molecule has 5 aromatic rings. The highest BCUT2D eigenvalue weighted by molar-refractivity contribution is 6.33. The number of hydrogen-bond donors (Lipinski definition) is 0. The molecular formula is C35H38Cl2N8O4. The SMILES string of the molecule is CCC(C)n1ncn(-c2ccc(N3CCN(c4ccc(OC[C@@H]5CO[C@@](Cn6nccn6)(c6cc(Cl)ccc6Cl)O5)cc4)CC3)cc2)c1=O. The summed E-state index contributed by atoms with van der Waals surface area (Å²) >= 11 is 12.9. The van der Waals surface area contributed by atoms with E-state index in [9.17, 15) is 4.79 Å². The molecule has 3 aromatic carbocycles. The van der Waals surface area contributed by atoms with E-state index in [0.717, 1.165) is 55.4 Å². The van der Waals surface area contributed by atoms with Crippen molar-refractivity contribution in [2.45, 2.75) is 44.7 Å². The van der Waals surface area contributed by atoms with Crippen LogP contribution in [0.25, 0.3) is 5.69 Å². The topological polar surface area (TPSA) is 105 Å². The number of halogens is 2. The monoisotopic (exact) mass is 704 g/mol. The molecule has 2 aliphatic rings. The van der Waals surface area contributed by atoms with E-state index in [2.05, 4.69) is 49.4 Å². The van der Waals surface area contributed by atoms with Gasteiger partial charge in [-0.25, -0.2) is 14.0 Å². The highest BCUT2D eigenvalue weighted by Crippen LogP contribution is 2.40. The molecule has 2 saturated heterocycles. The van der Waals surface area contributed by atoms with Crippen molar-refractivity contribution < 1.29 is 14.2 Å². The van der Waals surface area contributed by atoms with Crippen LogP contribution in [0.4, 0.5) is 11.4 Å². The summed E-state index contributed by atoms with van der Waals surface area (Å²) in [5.74, 6) is -0.466. The first-order valence-corrected chi connectivity index (χ1v) is 17.2. The van der Waals surface area contributed by atoms with E-state index in [0.29, 0.717) is 22.2 Å². The second-order valence-electron chi connectivity index (χ2n) is 12.3. The van der Waals surface area contributed by atoms with Crippen molar-refractivity contribution in [2.24, 2.45) is 0 Å². The normalized spacial score (nSPS) is 20.1. The molecule has 0 saturated carbocycles. The third-order valence-corrected chi connectivity index (χ3v) is 9.69. The fourth-order valence-corrected chi connectivity index (χ4v) is 6.65. The van der Waals surface area contributed by atoms with Gasteiger partial charge in [-0.15, -0.1) is 0 Å². The molecule has 7 rings (SSSR count). The van der Waals surface area contributed by atoms with E-state index in [1.807, 2.05) is 38.1 Å². The zero-order chi connectivity index (χ0) is 34.0. The third kappa shape index (κ3) is 7.04. The largest absolute Gasteiger partial charge is 0.491 e. The number of benzene rings is 3. The number of nitrogens with zero attached hydrogens (tertiary/aromatic N) is 8. The van der Waals surface area contributed by atoms with E-state index < -0.39 is 5.79 Å². The number of rotatable bonds is 11. The van der Waals surface area contributed by atoms with Crippen LogP contribution in [0.15, 0.2) is 90.2 Å². The first kappa shape index (κ1) is 33.2. The Hall–Kier alpha value is -4.36. The molecule has 0 spiro atoms. The highest BCUT2D eigenvalue weighted by atomic mass is 35.5. The summed E-state index contributed by atoms with van der Waals surface area (Å²) in [7, 11) is 0. The van der Waals surface area contributed by atoms with Crippen LogP contribution in [0.1, 0.15) is 31.9 Å². The van der Waals surface area contributed by atoms with Gasteiger partial charge in [0.15, 0.2) is 0 Å². The summed E-state index contributed by atoms with van der Waals surface area (Å²) in [6, 6.07) is 21.5. The van der Waals surface area contributed by atoms with E-state index in [4.69, 9.17) is 37.4 Å². The molecule has 14 heteroatoms. The van der Waals surface area contributed by atoms with Crippen molar-refractivity contribution in [3.8, 4) is 11.4 Å². The lowest BCUT2D eigenvalue weighted by Crippen LogP contribution is -2.46. The smallest absolute Gasteiger partial charge is 0.350 e. The summed E-state index contributed by atoms with van der Waals surface area (Å²) in [6.07, 6.45) is 5.30. The van der Waals surface area contributed by atoms with Crippen LogP contribution < -0.4 is 20.2 Å². The van der Waals surface area contributed by atoms with E-state index in [-0.39, 0.29) is 31.0 Å². The van der Waals surface area contributed by atoms with Gasteiger partial charge in [-0.2, -0.15) is 20.1 Å². The van der Waals surface area contributed by atoms with Gasteiger partial charge in [0.25, 0.3) is 0 Å². The van der Waals surface area contributed by atoms with Crippen LogP contribution >= 0.6 is 23.2 Å². The minimum absolute atomic E-state index is 0.0641. The first-order valence-electron chi connectivity index (χ1n) is 16.4. The van der Waals surface area contributed by atoms with Crippen molar-refractivity contribution >= 4 is 34.6 Å². The maximum Gasteiger partial charge on any atom is 0.350 e. The Kier molecular flexibility index (Phi) is 9.64. The Labute approximate surface area is 294 Å². The Balaban J connectivity index is 0.927. The van der Waals surface area contributed by atoms with Crippen LogP contribution in [0.5, 0.6) is 5.75 Å². The Morgan fingerprint density at radius 1 is 0.898 bits per heavy atom. The summed E-state index contributed by atoms with van der Waals surface area (Å²) in [4.78, 5) is 19.0. The third-order valence-electron chi connectivity index (χ3n) is 9.13. The van der Waals surface area contributed by atoms with Gasteiger partial charge in [0.05, 0.1) is 30.7 Å². The average Bonchev–Trinajstić information content (AvgIpc) is 3.90. The summed E-state index contributed by atoms with van der Waals surface area (Å²) in [5, 5.41) is 13.8. The molecule has 0 radical (unpaired) electrons. The summed E-state index contributed by atoms with van der Waals surface area (Å²) < 4.78 is 22.0. The maximum absolute atomic E-state index is 12.8. The molecule has 2 aliphatic heterocycles.